The maximum absolute atomic E-state index is 2.79. The molecule has 0 aromatic heterocycles. The van der Waals surface area contributed by atoms with Crippen LogP contribution in [0.25, 0.3) is 0 Å². The molecule has 1 saturated heterocycles. The highest BCUT2D eigenvalue weighted by Crippen LogP contribution is 2.17. The maximum atomic E-state index is 2.79. The van der Waals surface area contributed by atoms with Gasteiger partial charge in [-0.15, -0.1) is 0 Å². The zero-order chi connectivity index (χ0) is 15.5. The van der Waals surface area contributed by atoms with Crippen LogP contribution in [-0.2, 0) is 0 Å². The van der Waals surface area contributed by atoms with E-state index in [2.05, 4.69) is 42.6 Å². The Labute approximate surface area is 133 Å². The zero-order valence-electron chi connectivity index (χ0n) is 15.1. The Hall–Kier alpha value is -0.120. The summed E-state index contributed by atoms with van der Waals surface area (Å²) in [4.78, 5) is 7.74. The van der Waals surface area contributed by atoms with Gasteiger partial charge in [0, 0.05) is 32.2 Å². The molecule has 3 heteroatoms. The van der Waals surface area contributed by atoms with E-state index < -0.39 is 0 Å². The first-order chi connectivity index (χ1) is 10.2. The number of nitrogens with zero attached hydrogens (tertiary/aromatic N) is 3. The standard InChI is InChI=1S/C18H39N3/c1-5-7-10-18(11-8-6-2)21-16-14-20(15-17-21)13-9-12-19(3)4/h18H,5-17H2,1-4H3. The van der Waals surface area contributed by atoms with Crippen LogP contribution < -0.4 is 0 Å². The van der Waals surface area contributed by atoms with Gasteiger partial charge < -0.3 is 9.80 Å². The lowest BCUT2D eigenvalue weighted by Gasteiger charge is -2.39. The van der Waals surface area contributed by atoms with Crippen molar-refractivity contribution in [3.63, 3.8) is 0 Å². The predicted molar refractivity (Wildman–Crippen MR) is 94.0 cm³/mol. The van der Waals surface area contributed by atoms with Crippen molar-refractivity contribution in [2.45, 2.75) is 64.8 Å². The Morgan fingerprint density at radius 3 is 1.90 bits per heavy atom. The van der Waals surface area contributed by atoms with E-state index in [1.807, 2.05) is 0 Å². The van der Waals surface area contributed by atoms with Gasteiger partial charge in [-0.2, -0.15) is 0 Å². The molecule has 1 aliphatic heterocycles. The molecule has 1 fully saturated rings. The minimum atomic E-state index is 0.855. The van der Waals surface area contributed by atoms with E-state index in [0.29, 0.717) is 0 Å². The second-order valence-corrected chi connectivity index (χ2v) is 6.97. The van der Waals surface area contributed by atoms with Crippen molar-refractivity contribution in [3.05, 3.63) is 0 Å². The smallest absolute Gasteiger partial charge is 0.0113 e. The van der Waals surface area contributed by atoms with Crippen LogP contribution >= 0.6 is 0 Å². The molecule has 0 aromatic rings. The normalized spacial score (nSPS) is 18.0. The minimum Gasteiger partial charge on any atom is -0.309 e. The van der Waals surface area contributed by atoms with Crippen molar-refractivity contribution in [1.29, 1.82) is 0 Å². The van der Waals surface area contributed by atoms with Gasteiger partial charge in [0.25, 0.3) is 0 Å². The van der Waals surface area contributed by atoms with E-state index in [4.69, 9.17) is 0 Å². The molecule has 0 saturated carbocycles. The highest BCUT2D eigenvalue weighted by atomic mass is 15.3. The van der Waals surface area contributed by atoms with Crippen LogP contribution in [0.3, 0.4) is 0 Å². The summed E-state index contributed by atoms with van der Waals surface area (Å²) < 4.78 is 0. The van der Waals surface area contributed by atoms with Crippen LogP contribution in [0.2, 0.25) is 0 Å². The Balaban J connectivity index is 2.27. The van der Waals surface area contributed by atoms with Crippen LogP contribution in [0.5, 0.6) is 0 Å². The van der Waals surface area contributed by atoms with E-state index in [9.17, 15) is 0 Å². The van der Waals surface area contributed by atoms with Crippen LogP contribution in [0, 0.1) is 0 Å². The lowest BCUT2D eigenvalue weighted by atomic mass is 10.0. The van der Waals surface area contributed by atoms with Crippen LogP contribution in [0.4, 0.5) is 0 Å². The molecule has 0 atom stereocenters. The van der Waals surface area contributed by atoms with Crippen molar-refractivity contribution in [1.82, 2.24) is 14.7 Å². The fourth-order valence-corrected chi connectivity index (χ4v) is 3.35. The maximum Gasteiger partial charge on any atom is 0.0113 e. The van der Waals surface area contributed by atoms with Gasteiger partial charge in [0.2, 0.25) is 0 Å². The molecule has 126 valence electrons. The monoisotopic (exact) mass is 297 g/mol. The number of hydrogen-bond acceptors (Lipinski definition) is 3. The highest BCUT2D eigenvalue weighted by molar-refractivity contribution is 4.79. The molecule has 1 heterocycles. The Bertz CT molecular complexity index is 227. The van der Waals surface area contributed by atoms with Gasteiger partial charge >= 0.3 is 0 Å². The molecule has 0 spiro atoms. The van der Waals surface area contributed by atoms with E-state index >= 15 is 0 Å². The average molecular weight is 298 g/mol. The van der Waals surface area contributed by atoms with Gasteiger partial charge in [0.1, 0.15) is 0 Å². The van der Waals surface area contributed by atoms with Crippen molar-refractivity contribution in [3.8, 4) is 0 Å². The van der Waals surface area contributed by atoms with Gasteiger partial charge in [-0.1, -0.05) is 39.5 Å². The number of unbranched alkanes of at least 4 members (excludes halogenated alkanes) is 2. The number of piperazine rings is 1. The molecule has 0 radical (unpaired) electrons. The van der Waals surface area contributed by atoms with Crippen LogP contribution in [-0.4, -0.2) is 74.1 Å². The van der Waals surface area contributed by atoms with E-state index in [0.717, 1.165) is 6.04 Å². The zero-order valence-corrected chi connectivity index (χ0v) is 15.1. The average Bonchev–Trinajstić information content (AvgIpc) is 2.48. The third-order valence-electron chi connectivity index (χ3n) is 4.78. The van der Waals surface area contributed by atoms with Gasteiger partial charge in [-0.3, -0.25) is 4.90 Å². The lowest BCUT2D eigenvalue weighted by molar-refractivity contribution is 0.0843. The summed E-state index contributed by atoms with van der Waals surface area (Å²) in [6, 6.07) is 0.855. The van der Waals surface area contributed by atoms with Crippen LogP contribution in [0.15, 0.2) is 0 Å². The summed E-state index contributed by atoms with van der Waals surface area (Å²) in [7, 11) is 4.34. The Kier molecular flexibility index (Phi) is 10.3. The molecule has 0 bridgehead atoms. The SMILES string of the molecule is CCCCC(CCCC)N1CCN(CCCN(C)C)CC1. The molecular formula is C18H39N3. The molecule has 0 unspecified atom stereocenters. The van der Waals surface area contributed by atoms with Crippen molar-refractivity contribution < 1.29 is 0 Å². The summed E-state index contributed by atoms with van der Waals surface area (Å²) >= 11 is 0. The third-order valence-corrected chi connectivity index (χ3v) is 4.78. The second kappa shape index (κ2) is 11.4. The first kappa shape index (κ1) is 18.9. The second-order valence-electron chi connectivity index (χ2n) is 6.97. The summed E-state index contributed by atoms with van der Waals surface area (Å²) in [5.74, 6) is 0. The quantitative estimate of drug-likeness (QED) is 0.579. The molecule has 0 aliphatic carbocycles. The summed E-state index contributed by atoms with van der Waals surface area (Å²) in [5, 5.41) is 0. The lowest BCUT2D eigenvalue weighted by Crippen LogP contribution is -2.50. The van der Waals surface area contributed by atoms with Crippen molar-refractivity contribution in [2.75, 3.05) is 53.4 Å². The molecule has 3 nitrogen and oxygen atoms in total. The first-order valence-corrected chi connectivity index (χ1v) is 9.28. The van der Waals surface area contributed by atoms with Gasteiger partial charge in [-0.25, -0.2) is 0 Å². The molecule has 1 aliphatic rings. The summed E-state index contributed by atoms with van der Waals surface area (Å²) in [6.07, 6.45) is 9.62. The Morgan fingerprint density at radius 1 is 0.857 bits per heavy atom. The fourth-order valence-electron chi connectivity index (χ4n) is 3.35. The third kappa shape index (κ3) is 8.18. The molecule has 0 aromatic carbocycles. The number of rotatable bonds is 11. The summed E-state index contributed by atoms with van der Waals surface area (Å²) in [6.45, 7) is 12.3. The molecule has 1 rings (SSSR count). The van der Waals surface area contributed by atoms with Crippen molar-refractivity contribution >= 4 is 0 Å². The predicted octanol–water partition coefficient (Wildman–Crippen LogP) is 3.30. The van der Waals surface area contributed by atoms with E-state index in [1.165, 1.54) is 84.2 Å². The Morgan fingerprint density at radius 2 is 1.43 bits per heavy atom. The summed E-state index contributed by atoms with van der Waals surface area (Å²) in [5.41, 5.74) is 0. The highest BCUT2D eigenvalue weighted by Gasteiger charge is 2.22. The minimum absolute atomic E-state index is 0.855. The molecule has 0 N–H and O–H groups in total. The largest absolute Gasteiger partial charge is 0.309 e. The van der Waals surface area contributed by atoms with E-state index in [1.54, 1.807) is 0 Å². The first-order valence-electron chi connectivity index (χ1n) is 9.28. The van der Waals surface area contributed by atoms with E-state index in [-0.39, 0.29) is 0 Å². The molecule has 0 amide bonds. The molecular weight excluding hydrogens is 258 g/mol. The fraction of sp³-hybridized carbons (Fsp3) is 1.00. The number of hydrogen-bond donors (Lipinski definition) is 0. The van der Waals surface area contributed by atoms with Gasteiger partial charge in [0.05, 0.1) is 0 Å². The van der Waals surface area contributed by atoms with Crippen molar-refractivity contribution in [2.24, 2.45) is 0 Å². The van der Waals surface area contributed by atoms with Crippen LogP contribution in [0.1, 0.15) is 58.8 Å². The molecule has 21 heavy (non-hydrogen) atoms. The van der Waals surface area contributed by atoms with Gasteiger partial charge in [0.15, 0.2) is 0 Å². The topological polar surface area (TPSA) is 9.72 Å². The van der Waals surface area contributed by atoms with Gasteiger partial charge in [-0.05, 0) is 46.4 Å².